The molecule has 2 amide bonds. The molecule has 5 rings (SSSR count). The van der Waals surface area contributed by atoms with Gasteiger partial charge in [0.15, 0.2) is 5.82 Å². The number of benzene rings is 1. The number of hydrogen-bond acceptors (Lipinski definition) is 7. The fourth-order valence-corrected chi connectivity index (χ4v) is 5.02. The maximum absolute atomic E-state index is 13.5. The highest BCUT2D eigenvalue weighted by molar-refractivity contribution is 5.94. The molecular weight excluding hydrogens is 470 g/mol. The summed E-state index contributed by atoms with van der Waals surface area (Å²) in [6.07, 6.45) is 6.54. The van der Waals surface area contributed by atoms with Crippen LogP contribution in [0.1, 0.15) is 56.8 Å². The van der Waals surface area contributed by atoms with E-state index in [0.29, 0.717) is 24.5 Å². The first-order valence-corrected chi connectivity index (χ1v) is 13.3. The zero-order chi connectivity index (χ0) is 26.0. The van der Waals surface area contributed by atoms with E-state index < -0.39 is 5.60 Å². The van der Waals surface area contributed by atoms with E-state index in [4.69, 9.17) is 9.47 Å². The van der Waals surface area contributed by atoms with Crippen LogP contribution in [0.5, 0.6) is 0 Å². The molecule has 0 N–H and O–H groups in total. The Balaban J connectivity index is 1.22. The van der Waals surface area contributed by atoms with Crippen molar-refractivity contribution in [1.82, 2.24) is 19.8 Å². The summed E-state index contributed by atoms with van der Waals surface area (Å²) in [4.78, 5) is 41.1. The number of anilines is 1. The largest absolute Gasteiger partial charge is 0.444 e. The molecule has 3 fully saturated rings. The van der Waals surface area contributed by atoms with Gasteiger partial charge in [-0.3, -0.25) is 4.79 Å². The van der Waals surface area contributed by atoms with Crippen molar-refractivity contribution < 1.29 is 19.1 Å². The van der Waals surface area contributed by atoms with Crippen LogP contribution in [-0.2, 0) is 9.47 Å². The van der Waals surface area contributed by atoms with Gasteiger partial charge in [0.25, 0.3) is 5.91 Å². The van der Waals surface area contributed by atoms with Gasteiger partial charge < -0.3 is 24.2 Å². The third kappa shape index (κ3) is 6.21. The minimum atomic E-state index is -0.513. The van der Waals surface area contributed by atoms with E-state index in [1.807, 2.05) is 37.8 Å². The summed E-state index contributed by atoms with van der Waals surface area (Å²) in [5.41, 5.74) is 2.08. The Bertz CT molecular complexity index is 1080. The predicted molar refractivity (Wildman–Crippen MR) is 141 cm³/mol. The lowest BCUT2D eigenvalue weighted by atomic mass is 10.0. The van der Waals surface area contributed by atoms with E-state index in [1.54, 1.807) is 17.3 Å². The Morgan fingerprint density at radius 2 is 1.51 bits per heavy atom. The first-order valence-electron chi connectivity index (χ1n) is 13.3. The van der Waals surface area contributed by atoms with Gasteiger partial charge in [-0.25, -0.2) is 14.8 Å². The van der Waals surface area contributed by atoms with Crippen molar-refractivity contribution in [2.24, 2.45) is 0 Å². The van der Waals surface area contributed by atoms with Gasteiger partial charge in [-0.15, -0.1) is 0 Å². The molecule has 1 aliphatic carbocycles. The van der Waals surface area contributed by atoms with Gasteiger partial charge in [-0.05, 0) is 70.7 Å². The first kappa shape index (κ1) is 25.4. The van der Waals surface area contributed by atoms with E-state index in [1.165, 1.54) is 0 Å². The minimum absolute atomic E-state index is 0.0209. The highest BCUT2D eigenvalue weighted by Crippen LogP contribution is 2.33. The van der Waals surface area contributed by atoms with Gasteiger partial charge in [0.1, 0.15) is 5.60 Å². The average molecular weight is 508 g/mol. The van der Waals surface area contributed by atoms with E-state index >= 15 is 0 Å². The van der Waals surface area contributed by atoms with Crippen LogP contribution in [0.3, 0.4) is 0 Å². The number of aromatic nitrogens is 2. The second-order valence-electron chi connectivity index (χ2n) is 11.1. The highest BCUT2D eigenvalue weighted by atomic mass is 16.6. The monoisotopic (exact) mass is 507 g/mol. The summed E-state index contributed by atoms with van der Waals surface area (Å²) in [6.45, 7) is 10.1. The molecule has 1 saturated carbocycles. The van der Waals surface area contributed by atoms with Crippen molar-refractivity contribution in [3.05, 3.63) is 42.2 Å². The van der Waals surface area contributed by atoms with E-state index in [9.17, 15) is 9.59 Å². The molecular formula is C28H37N5O4. The second kappa shape index (κ2) is 10.7. The van der Waals surface area contributed by atoms with Crippen LogP contribution < -0.4 is 4.90 Å². The third-order valence-electron chi connectivity index (χ3n) is 7.08. The molecule has 9 nitrogen and oxygen atoms in total. The molecule has 1 aromatic carbocycles. The number of nitrogens with zero attached hydrogens (tertiary/aromatic N) is 5. The van der Waals surface area contributed by atoms with E-state index in [-0.39, 0.29) is 24.1 Å². The number of likely N-dealkylation sites (tertiary alicyclic amines) is 1. The molecule has 2 saturated heterocycles. The van der Waals surface area contributed by atoms with Gasteiger partial charge in [-0.2, -0.15) is 0 Å². The van der Waals surface area contributed by atoms with E-state index in [0.717, 1.165) is 63.2 Å². The first-order chi connectivity index (χ1) is 17.8. The maximum Gasteiger partial charge on any atom is 0.410 e. The van der Waals surface area contributed by atoms with Crippen molar-refractivity contribution in [2.45, 2.75) is 64.1 Å². The summed E-state index contributed by atoms with van der Waals surface area (Å²) >= 11 is 0. The van der Waals surface area contributed by atoms with Crippen molar-refractivity contribution in [1.29, 1.82) is 0 Å². The summed E-state index contributed by atoms with van der Waals surface area (Å²) in [6, 6.07) is 8.58. The number of hydrogen-bond donors (Lipinski definition) is 0. The van der Waals surface area contributed by atoms with Crippen molar-refractivity contribution in [3.63, 3.8) is 0 Å². The fourth-order valence-electron chi connectivity index (χ4n) is 5.02. The molecule has 9 heteroatoms. The van der Waals surface area contributed by atoms with Gasteiger partial charge in [0.05, 0.1) is 18.8 Å². The minimum Gasteiger partial charge on any atom is -0.444 e. The zero-order valence-corrected chi connectivity index (χ0v) is 22.1. The van der Waals surface area contributed by atoms with E-state index in [2.05, 4.69) is 27.0 Å². The Morgan fingerprint density at radius 1 is 0.919 bits per heavy atom. The van der Waals surface area contributed by atoms with Gasteiger partial charge in [0.2, 0.25) is 0 Å². The number of ether oxygens (including phenoxy) is 2. The number of morpholine rings is 1. The number of rotatable bonds is 5. The lowest BCUT2D eigenvalue weighted by molar-refractivity contribution is 0.0142. The molecule has 2 aliphatic heterocycles. The van der Waals surface area contributed by atoms with Gasteiger partial charge in [0, 0.05) is 61.9 Å². The van der Waals surface area contributed by atoms with Crippen LogP contribution in [0.4, 0.5) is 10.5 Å². The van der Waals surface area contributed by atoms with Crippen molar-refractivity contribution in [3.8, 4) is 11.4 Å². The quantitative estimate of drug-likeness (QED) is 0.605. The van der Waals surface area contributed by atoms with Crippen LogP contribution >= 0.6 is 0 Å². The van der Waals surface area contributed by atoms with Crippen LogP contribution in [0, 0.1) is 0 Å². The normalized spacial score (nSPS) is 19.0. The Hall–Kier alpha value is -3.20. The molecule has 198 valence electrons. The molecule has 0 unspecified atom stereocenters. The fraction of sp³-hybridized carbons (Fsp3) is 0.571. The molecule has 3 aliphatic rings. The molecule has 0 bridgehead atoms. The smallest absolute Gasteiger partial charge is 0.410 e. The number of amides is 2. The topological polar surface area (TPSA) is 88.1 Å². The lowest BCUT2D eigenvalue weighted by Crippen LogP contribution is -2.50. The maximum atomic E-state index is 13.5. The average Bonchev–Trinajstić information content (AvgIpc) is 3.74. The van der Waals surface area contributed by atoms with Gasteiger partial charge in [-0.1, -0.05) is 0 Å². The molecule has 0 spiro atoms. The van der Waals surface area contributed by atoms with Crippen LogP contribution in [0.15, 0.2) is 36.7 Å². The molecule has 0 radical (unpaired) electrons. The lowest BCUT2D eigenvalue weighted by Gasteiger charge is -2.39. The third-order valence-corrected chi connectivity index (χ3v) is 7.08. The molecule has 3 heterocycles. The molecule has 1 aromatic heterocycles. The standard InChI is InChI=1S/C28H37N5O4/c1-28(2,3)37-27(35)32-12-10-24(11-13-32)33(23-8-9-23)26(34)21-18-29-25(30-19-21)20-4-6-22(7-5-20)31-14-16-36-17-15-31/h4-7,18-19,23-24H,8-17H2,1-3H3. The summed E-state index contributed by atoms with van der Waals surface area (Å²) in [7, 11) is 0. The predicted octanol–water partition coefficient (Wildman–Crippen LogP) is 3.98. The van der Waals surface area contributed by atoms with Crippen LogP contribution in [0.25, 0.3) is 11.4 Å². The highest BCUT2D eigenvalue weighted by Gasteiger charge is 2.40. The summed E-state index contributed by atoms with van der Waals surface area (Å²) in [5, 5.41) is 0. The van der Waals surface area contributed by atoms with Crippen molar-refractivity contribution in [2.75, 3.05) is 44.3 Å². The zero-order valence-electron chi connectivity index (χ0n) is 22.1. The second-order valence-corrected chi connectivity index (χ2v) is 11.1. The Morgan fingerprint density at radius 3 is 2.08 bits per heavy atom. The summed E-state index contributed by atoms with van der Waals surface area (Å²) < 4.78 is 11.0. The SMILES string of the molecule is CC(C)(C)OC(=O)N1CCC(N(C(=O)c2cnc(-c3ccc(N4CCOCC4)cc3)nc2)C2CC2)CC1. The van der Waals surface area contributed by atoms with Crippen LogP contribution in [0.2, 0.25) is 0 Å². The molecule has 2 aromatic rings. The summed E-state index contributed by atoms with van der Waals surface area (Å²) in [5.74, 6) is 0.584. The van der Waals surface area contributed by atoms with Crippen molar-refractivity contribution >= 4 is 17.7 Å². The molecule has 37 heavy (non-hydrogen) atoms. The van der Waals surface area contributed by atoms with Gasteiger partial charge >= 0.3 is 6.09 Å². The van der Waals surface area contributed by atoms with Crippen LogP contribution in [-0.4, -0.2) is 88.8 Å². The Kier molecular flexibility index (Phi) is 7.33. The molecule has 0 atom stereocenters. The number of piperidine rings is 1. The Labute approximate surface area is 218 Å². The number of carbonyl (C=O) groups excluding carboxylic acids is 2. The number of carbonyl (C=O) groups is 2.